The Hall–Kier alpha value is -2.05. The van der Waals surface area contributed by atoms with Gasteiger partial charge in [-0.15, -0.1) is 0 Å². The fraction of sp³-hybridized carbons (Fsp3) is 0.375. The second-order valence-electron chi connectivity index (χ2n) is 2.97. The van der Waals surface area contributed by atoms with Gasteiger partial charge in [0, 0.05) is 6.42 Å². The summed E-state index contributed by atoms with van der Waals surface area (Å²) in [7, 11) is 0. The van der Waals surface area contributed by atoms with E-state index < -0.39 is 18.1 Å². The Morgan fingerprint density at radius 1 is 1.67 bits per heavy atom. The lowest BCUT2D eigenvalue weighted by Gasteiger charge is -2.29. The van der Waals surface area contributed by atoms with Crippen molar-refractivity contribution in [1.29, 1.82) is 0 Å². The van der Waals surface area contributed by atoms with Crippen LogP contribution >= 0.6 is 0 Å². The Kier molecular flexibility index (Phi) is 2.28. The van der Waals surface area contributed by atoms with Crippen LogP contribution in [0.3, 0.4) is 0 Å². The first-order valence-corrected chi connectivity index (χ1v) is 4.27. The van der Waals surface area contributed by atoms with Gasteiger partial charge in [0.25, 0.3) is 0 Å². The van der Waals surface area contributed by atoms with E-state index in [9.17, 15) is 9.59 Å². The number of rotatable bonds is 2. The summed E-state index contributed by atoms with van der Waals surface area (Å²) in [5, 5.41) is 8.91. The second-order valence-corrected chi connectivity index (χ2v) is 2.97. The highest BCUT2D eigenvalue weighted by molar-refractivity contribution is 5.94. The van der Waals surface area contributed by atoms with Gasteiger partial charge in [0.15, 0.2) is 6.39 Å². The molecular weight excluding hydrogens is 204 g/mol. The third-order valence-electron chi connectivity index (χ3n) is 2.07. The van der Waals surface area contributed by atoms with Crippen LogP contribution in [0.25, 0.3) is 0 Å². The summed E-state index contributed by atoms with van der Waals surface area (Å²) < 4.78 is 9.60. The van der Waals surface area contributed by atoms with Gasteiger partial charge in [-0.3, -0.25) is 0 Å². The summed E-state index contributed by atoms with van der Waals surface area (Å²) in [6, 6.07) is -0.959. The van der Waals surface area contributed by atoms with Gasteiger partial charge >= 0.3 is 12.1 Å². The van der Waals surface area contributed by atoms with Crippen molar-refractivity contribution in [3.05, 3.63) is 12.6 Å². The van der Waals surface area contributed by atoms with E-state index in [-0.39, 0.29) is 18.9 Å². The Morgan fingerprint density at radius 3 is 3.07 bits per heavy atom. The molecule has 1 atom stereocenters. The lowest BCUT2D eigenvalue weighted by molar-refractivity contribution is -0.139. The van der Waals surface area contributed by atoms with Gasteiger partial charge in [-0.1, -0.05) is 0 Å². The highest BCUT2D eigenvalue weighted by Crippen LogP contribution is 2.22. The molecule has 0 aliphatic carbocycles. The van der Waals surface area contributed by atoms with Crippen molar-refractivity contribution < 1.29 is 23.8 Å². The predicted molar refractivity (Wildman–Crippen MR) is 46.4 cm³/mol. The quantitative estimate of drug-likeness (QED) is 0.766. The minimum atomic E-state index is -1.09. The maximum Gasteiger partial charge on any atom is 0.417 e. The zero-order valence-corrected chi connectivity index (χ0v) is 7.62. The van der Waals surface area contributed by atoms with Gasteiger partial charge in [0.05, 0.1) is 12.8 Å². The van der Waals surface area contributed by atoms with Crippen LogP contribution in [0.4, 0.5) is 10.7 Å². The topological polar surface area (TPSA) is 92.9 Å². The zero-order chi connectivity index (χ0) is 10.8. The summed E-state index contributed by atoms with van der Waals surface area (Å²) in [6.07, 6.45) is 1.88. The van der Waals surface area contributed by atoms with Crippen molar-refractivity contribution >= 4 is 17.9 Å². The van der Waals surface area contributed by atoms with E-state index in [0.29, 0.717) is 0 Å². The SMILES string of the molecule is O=C(O)C1CCOC(=O)N1c1cnco1. The molecule has 1 N–H and O–H groups in total. The Morgan fingerprint density at radius 2 is 2.47 bits per heavy atom. The van der Waals surface area contributed by atoms with E-state index >= 15 is 0 Å². The molecule has 0 saturated carbocycles. The molecule has 1 aromatic rings. The molecule has 0 spiro atoms. The van der Waals surface area contributed by atoms with Crippen molar-refractivity contribution in [1.82, 2.24) is 4.98 Å². The molecule has 7 heteroatoms. The summed E-state index contributed by atoms with van der Waals surface area (Å²) in [6.45, 7) is 0.0977. The molecule has 1 fully saturated rings. The molecule has 80 valence electrons. The summed E-state index contributed by atoms with van der Waals surface area (Å²) in [4.78, 5) is 26.8. The standard InChI is InChI=1S/C8H8N2O5/c11-7(12)5-1-2-14-8(13)10(5)6-3-9-4-15-6/h3-5H,1-2H2,(H,11,12). The van der Waals surface area contributed by atoms with Crippen molar-refractivity contribution in [3.8, 4) is 0 Å². The maximum absolute atomic E-state index is 11.4. The van der Waals surface area contributed by atoms with Crippen molar-refractivity contribution in [2.24, 2.45) is 0 Å². The number of amides is 1. The molecule has 1 amide bonds. The number of hydrogen-bond donors (Lipinski definition) is 1. The number of carboxylic acids is 1. The lowest BCUT2D eigenvalue weighted by atomic mass is 10.2. The third kappa shape index (κ3) is 1.63. The highest BCUT2D eigenvalue weighted by Gasteiger charge is 2.37. The molecule has 7 nitrogen and oxygen atoms in total. The number of hydrogen-bond acceptors (Lipinski definition) is 5. The first kappa shape index (κ1) is 9.50. The Balaban J connectivity index is 2.31. The molecule has 0 aromatic carbocycles. The minimum absolute atomic E-state index is 0.0760. The van der Waals surface area contributed by atoms with Gasteiger partial charge in [-0.25, -0.2) is 19.5 Å². The lowest BCUT2D eigenvalue weighted by Crippen LogP contribution is -2.49. The number of carbonyl (C=O) groups excluding carboxylic acids is 1. The van der Waals surface area contributed by atoms with Gasteiger partial charge < -0.3 is 14.3 Å². The first-order chi connectivity index (χ1) is 7.20. The normalized spacial score (nSPS) is 21.2. The molecule has 1 saturated heterocycles. The molecule has 15 heavy (non-hydrogen) atoms. The number of ether oxygens (including phenoxy) is 1. The van der Waals surface area contributed by atoms with Gasteiger partial charge in [-0.05, 0) is 0 Å². The third-order valence-corrected chi connectivity index (χ3v) is 2.07. The smallest absolute Gasteiger partial charge is 0.417 e. The first-order valence-electron chi connectivity index (χ1n) is 4.27. The van der Waals surface area contributed by atoms with Crippen LogP contribution < -0.4 is 4.90 Å². The summed E-state index contributed by atoms with van der Waals surface area (Å²) >= 11 is 0. The molecule has 1 aromatic heterocycles. The molecule has 2 rings (SSSR count). The van der Waals surface area contributed by atoms with Crippen molar-refractivity contribution in [2.45, 2.75) is 12.5 Å². The van der Waals surface area contributed by atoms with Gasteiger partial charge in [0.2, 0.25) is 5.88 Å². The number of aliphatic carboxylic acids is 1. The Labute approximate surface area is 84.3 Å². The molecule has 2 heterocycles. The molecule has 1 aliphatic heterocycles. The summed E-state index contributed by atoms with van der Waals surface area (Å²) in [5.74, 6) is -1.02. The number of aromatic nitrogens is 1. The van der Waals surface area contributed by atoms with Gasteiger partial charge in [-0.2, -0.15) is 0 Å². The van der Waals surface area contributed by atoms with Crippen LogP contribution in [0.2, 0.25) is 0 Å². The maximum atomic E-state index is 11.4. The number of carbonyl (C=O) groups is 2. The van der Waals surface area contributed by atoms with Crippen LogP contribution in [0, 0.1) is 0 Å². The average Bonchev–Trinajstić information content (AvgIpc) is 2.70. The fourth-order valence-corrected chi connectivity index (χ4v) is 1.39. The van der Waals surface area contributed by atoms with E-state index in [1.54, 1.807) is 0 Å². The predicted octanol–water partition coefficient (Wildman–Crippen LogP) is 0.475. The Bertz CT molecular complexity index is 374. The number of cyclic esters (lactones) is 1. The van der Waals surface area contributed by atoms with Crippen LogP contribution in [0.1, 0.15) is 6.42 Å². The van der Waals surface area contributed by atoms with E-state index in [2.05, 4.69) is 4.98 Å². The van der Waals surface area contributed by atoms with Gasteiger partial charge in [0.1, 0.15) is 6.04 Å². The van der Waals surface area contributed by atoms with E-state index in [0.717, 1.165) is 11.3 Å². The summed E-state index contributed by atoms with van der Waals surface area (Å²) in [5.41, 5.74) is 0. The zero-order valence-electron chi connectivity index (χ0n) is 7.62. The second kappa shape index (κ2) is 3.60. The van der Waals surface area contributed by atoms with E-state index in [1.807, 2.05) is 0 Å². The molecule has 1 aliphatic rings. The molecule has 0 radical (unpaired) electrons. The molecule has 0 bridgehead atoms. The average molecular weight is 212 g/mol. The number of oxazole rings is 1. The number of carboxylic acid groups (broad SMARTS) is 1. The van der Waals surface area contributed by atoms with Crippen molar-refractivity contribution in [3.63, 3.8) is 0 Å². The van der Waals surface area contributed by atoms with Crippen molar-refractivity contribution in [2.75, 3.05) is 11.5 Å². The van der Waals surface area contributed by atoms with Crippen LogP contribution in [-0.2, 0) is 9.53 Å². The monoisotopic (exact) mass is 212 g/mol. The minimum Gasteiger partial charge on any atom is -0.480 e. The van der Waals surface area contributed by atoms with Crippen LogP contribution in [0.15, 0.2) is 17.0 Å². The fourth-order valence-electron chi connectivity index (χ4n) is 1.39. The number of nitrogens with zero attached hydrogens (tertiary/aromatic N) is 2. The van der Waals surface area contributed by atoms with E-state index in [1.165, 1.54) is 6.20 Å². The molecular formula is C8H8N2O5. The largest absolute Gasteiger partial charge is 0.480 e. The van der Waals surface area contributed by atoms with Crippen LogP contribution in [0.5, 0.6) is 0 Å². The van der Waals surface area contributed by atoms with Crippen LogP contribution in [-0.4, -0.2) is 34.8 Å². The highest BCUT2D eigenvalue weighted by atomic mass is 16.6. The number of anilines is 1. The molecule has 1 unspecified atom stereocenters. The van der Waals surface area contributed by atoms with E-state index in [4.69, 9.17) is 14.3 Å².